The minimum Gasteiger partial charge on any atom is -0.0870 e. The number of rotatable bonds is 3. The molecule has 0 heteroatoms. The van der Waals surface area contributed by atoms with E-state index in [9.17, 15) is 0 Å². The Kier molecular flexibility index (Phi) is 3.94. The highest BCUT2D eigenvalue weighted by Crippen LogP contribution is 2.20. The minimum absolute atomic E-state index is 1.19. The van der Waals surface area contributed by atoms with E-state index in [0.29, 0.717) is 0 Å². The summed E-state index contributed by atoms with van der Waals surface area (Å²) in [7, 11) is 0. The summed E-state index contributed by atoms with van der Waals surface area (Å²) in [5.41, 5.74) is 5.72. The molecular formula is C14H20. The van der Waals surface area contributed by atoms with Gasteiger partial charge in [-0.25, -0.2) is 0 Å². The van der Waals surface area contributed by atoms with Gasteiger partial charge >= 0.3 is 0 Å². The summed E-state index contributed by atoms with van der Waals surface area (Å²) in [4.78, 5) is 0. The van der Waals surface area contributed by atoms with E-state index in [1.807, 2.05) is 0 Å². The van der Waals surface area contributed by atoms with Crippen molar-refractivity contribution in [3.63, 3.8) is 0 Å². The Morgan fingerprint density at radius 3 is 2.50 bits per heavy atom. The first-order chi connectivity index (χ1) is 6.70. The van der Waals surface area contributed by atoms with E-state index in [-0.39, 0.29) is 0 Å². The molecule has 0 unspecified atom stereocenters. The van der Waals surface area contributed by atoms with Gasteiger partial charge in [0.25, 0.3) is 0 Å². The first-order valence-electron chi connectivity index (χ1n) is 5.42. The molecule has 0 nitrogen and oxygen atoms in total. The Balaban J connectivity index is 3.18. The fourth-order valence-electron chi connectivity index (χ4n) is 1.87. The number of allylic oxidation sites excluding steroid dienone is 1. The van der Waals surface area contributed by atoms with E-state index >= 15 is 0 Å². The molecule has 0 fully saturated rings. The normalized spacial score (nSPS) is 11.1. The molecule has 0 amide bonds. The summed E-state index contributed by atoms with van der Waals surface area (Å²) in [5.74, 6) is 0. The van der Waals surface area contributed by atoms with E-state index in [2.05, 4.69) is 52.0 Å². The van der Waals surface area contributed by atoms with Crippen molar-refractivity contribution in [1.82, 2.24) is 0 Å². The molecule has 0 aliphatic carbocycles. The summed E-state index contributed by atoms with van der Waals surface area (Å²) in [6.45, 7) is 8.71. The lowest BCUT2D eigenvalue weighted by molar-refractivity contribution is 0.911. The highest BCUT2D eigenvalue weighted by atomic mass is 14.1. The van der Waals surface area contributed by atoms with Crippen LogP contribution in [0.2, 0.25) is 0 Å². The second kappa shape index (κ2) is 4.99. The molecule has 0 N–H and O–H groups in total. The van der Waals surface area contributed by atoms with Gasteiger partial charge in [0, 0.05) is 0 Å². The van der Waals surface area contributed by atoms with Crippen LogP contribution in [0.3, 0.4) is 0 Å². The third-order valence-corrected chi connectivity index (χ3v) is 2.70. The standard InChI is InChI=1S/C14H20/c1-5-7-13-10-9-11(3)14(8-6-2)12(13)4/h6,8-10H,5,7H2,1-4H3/b8-6-. The molecule has 0 bridgehead atoms. The minimum atomic E-state index is 1.19. The van der Waals surface area contributed by atoms with E-state index in [1.54, 1.807) is 0 Å². The fraction of sp³-hybridized carbons (Fsp3) is 0.429. The second-order valence-electron chi connectivity index (χ2n) is 3.83. The van der Waals surface area contributed by atoms with Crippen LogP contribution < -0.4 is 0 Å². The van der Waals surface area contributed by atoms with Gasteiger partial charge in [0.1, 0.15) is 0 Å². The molecule has 0 aromatic heterocycles. The monoisotopic (exact) mass is 188 g/mol. The van der Waals surface area contributed by atoms with Crippen molar-refractivity contribution < 1.29 is 0 Å². The summed E-state index contributed by atoms with van der Waals surface area (Å²) in [5, 5.41) is 0. The predicted octanol–water partition coefficient (Wildman–Crippen LogP) is 4.29. The third kappa shape index (κ3) is 2.25. The van der Waals surface area contributed by atoms with Crippen LogP contribution in [0.1, 0.15) is 42.5 Å². The Bertz CT molecular complexity index is 332. The largest absolute Gasteiger partial charge is 0.0870 e. The van der Waals surface area contributed by atoms with Crippen LogP contribution in [0.5, 0.6) is 0 Å². The molecule has 1 aromatic carbocycles. The first kappa shape index (κ1) is 11.0. The number of hydrogen-bond donors (Lipinski definition) is 0. The smallest absolute Gasteiger partial charge is 0.0199 e. The maximum absolute atomic E-state index is 2.27. The Hall–Kier alpha value is -1.04. The van der Waals surface area contributed by atoms with Crippen molar-refractivity contribution in [2.24, 2.45) is 0 Å². The van der Waals surface area contributed by atoms with E-state index < -0.39 is 0 Å². The molecule has 1 aromatic rings. The Labute approximate surface area is 87.7 Å². The third-order valence-electron chi connectivity index (χ3n) is 2.70. The molecule has 0 saturated heterocycles. The van der Waals surface area contributed by atoms with Crippen LogP contribution in [0.15, 0.2) is 18.2 Å². The second-order valence-corrected chi connectivity index (χ2v) is 3.83. The topological polar surface area (TPSA) is 0 Å². The Morgan fingerprint density at radius 2 is 1.93 bits per heavy atom. The quantitative estimate of drug-likeness (QED) is 0.664. The van der Waals surface area contributed by atoms with Gasteiger partial charge in [-0.2, -0.15) is 0 Å². The zero-order chi connectivity index (χ0) is 10.6. The zero-order valence-electron chi connectivity index (χ0n) is 9.72. The molecule has 0 saturated carbocycles. The molecule has 0 aliphatic rings. The maximum Gasteiger partial charge on any atom is -0.0199 e. The van der Waals surface area contributed by atoms with E-state index in [4.69, 9.17) is 0 Å². The molecule has 0 spiro atoms. The van der Waals surface area contributed by atoms with Crippen molar-refractivity contribution in [2.45, 2.75) is 40.5 Å². The SMILES string of the molecule is C/C=C\c1c(C)ccc(CCC)c1C. The van der Waals surface area contributed by atoms with Crippen molar-refractivity contribution in [3.05, 3.63) is 40.5 Å². The van der Waals surface area contributed by atoms with Crippen molar-refractivity contribution in [1.29, 1.82) is 0 Å². The van der Waals surface area contributed by atoms with Crippen LogP contribution >= 0.6 is 0 Å². The number of benzene rings is 1. The molecular weight excluding hydrogens is 168 g/mol. The number of hydrogen-bond acceptors (Lipinski definition) is 0. The number of aryl methyl sites for hydroxylation is 2. The van der Waals surface area contributed by atoms with Crippen LogP contribution in [0, 0.1) is 13.8 Å². The first-order valence-corrected chi connectivity index (χ1v) is 5.42. The molecule has 0 atom stereocenters. The summed E-state index contributed by atoms with van der Waals surface area (Å²) in [6, 6.07) is 4.49. The van der Waals surface area contributed by atoms with Crippen LogP contribution in [0.4, 0.5) is 0 Å². The van der Waals surface area contributed by atoms with E-state index in [0.717, 1.165) is 0 Å². The van der Waals surface area contributed by atoms with Gasteiger partial charge in [-0.3, -0.25) is 0 Å². The van der Waals surface area contributed by atoms with Gasteiger partial charge in [-0.15, -0.1) is 0 Å². The van der Waals surface area contributed by atoms with Crippen LogP contribution in [-0.4, -0.2) is 0 Å². The van der Waals surface area contributed by atoms with Crippen LogP contribution in [0.25, 0.3) is 6.08 Å². The van der Waals surface area contributed by atoms with Gasteiger partial charge in [0.05, 0.1) is 0 Å². The van der Waals surface area contributed by atoms with Gasteiger partial charge in [-0.05, 0) is 49.4 Å². The van der Waals surface area contributed by atoms with Gasteiger partial charge in [-0.1, -0.05) is 37.6 Å². The average Bonchev–Trinajstić information content (AvgIpc) is 2.17. The van der Waals surface area contributed by atoms with Gasteiger partial charge < -0.3 is 0 Å². The molecule has 76 valence electrons. The molecule has 0 heterocycles. The van der Waals surface area contributed by atoms with E-state index in [1.165, 1.54) is 35.1 Å². The van der Waals surface area contributed by atoms with Gasteiger partial charge in [0.2, 0.25) is 0 Å². The van der Waals surface area contributed by atoms with Crippen molar-refractivity contribution in [2.75, 3.05) is 0 Å². The van der Waals surface area contributed by atoms with Crippen LogP contribution in [-0.2, 0) is 6.42 Å². The average molecular weight is 188 g/mol. The van der Waals surface area contributed by atoms with Gasteiger partial charge in [0.15, 0.2) is 0 Å². The van der Waals surface area contributed by atoms with Crippen molar-refractivity contribution >= 4 is 6.08 Å². The molecule has 0 radical (unpaired) electrons. The predicted molar refractivity (Wildman–Crippen MR) is 64.6 cm³/mol. The molecule has 14 heavy (non-hydrogen) atoms. The van der Waals surface area contributed by atoms with Crippen molar-refractivity contribution in [3.8, 4) is 0 Å². The lowest BCUT2D eigenvalue weighted by atomic mass is 9.95. The maximum atomic E-state index is 2.27. The highest BCUT2D eigenvalue weighted by Gasteiger charge is 2.03. The summed E-state index contributed by atoms with van der Waals surface area (Å²) >= 11 is 0. The summed E-state index contributed by atoms with van der Waals surface area (Å²) in [6.07, 6.45) is 6.74. The fourth-order valence-corrected chi connectivity index (χ4v) is 1.87. The Morgan fingerprint density at radius 1 is 1.21 bits per heavy atom. The summed E-state index contributed by atoms with van der Waals surface area (Å²) < 4.78 is 0. The lowest BCUT2D eigenvalue weighted by Gasteiger charge is -2.10. The zero-order valence-corrected chi connectivity index (χ0v) is 9.72. The lowest BCUT2D eigenvalue weighted by Crippen LogP contribution is -1.94. The highest BCUT2D eigenvalue weighted by molar-refractivity contribution is 5.59. The molecule has 0 aliphatic heterocycles. The molecule has 1 rings (SSSR count).